The molecule has 1 aliphatic heterocycles. The maximum Gasteiger partial charge on any atom is 0.271 e. The van der Waals surface area contributed by atoms with Crippen LogP contribution >= 0.6 is 0 Å². The highest BCUT2D eigenvalue weighted by molar-refractivity contribution is 6.27. The molecule has 1 aliphatic rings. The number of hydrogen-bond acceptors (Lipinski definition) is 7. The van der Waals surface area contributed by atoms with Gasteiger partial charge in [0.2, 0.25) is 5.78 Å². The predicted octanol–water partition coefficient (Wildman–Crippen LogP) is 0.674. The van der Waals surface area contributed by atoms with Gasteiger partial charge in [-0.2, -0.15) is 0 Å². The maximum atomic E-state index is 12.8. The van der Waals surface area contributed by atoms with E-state index >= 15 is 0 Å². The molecule has 2 atom stereocenters. The number of nitrogens with zero attached hydrogens (tertiary/aromatic N) is 3. The quantitative estimate of drug-likeness (QED) is 0.374. The third-order valence-electron chi connectivity index (χ3n) is 4.49. The van der Waals surface area contributed by atoms with Crippen LogP contribution in [0.4, 0.5) is 5.69 Å². The molecule has 1 N–H and O–H groups in total. The largest absolute Gasteiger partial charge is 0.305 e. The summed E-state index contributed by atoms with van der Waals surface area (Å²) in [5, 5.41) is 14.2. The number of nitro groups is 1. The van der Waals surface area contributed by atoms with Crippen molar-refractivity contribution in [1.82, 2.24) is 14.9 Å². The smallest absolute Gasteiger partial charge is 0.271 e. The molecular weight excluding hydrogens is 328 g/mol. The fourth-order valence-electron chi connectivity index (χ4n) is 3.23. The van der Waals surface area contributed by atoms with E-state index in [1.54, 1.807) is 11.5 Å². The first kappa shape index (κ1) is 16.9. The number of ketones is 1. The second-order valence-electron chi connectivity index (χ2n) is 6.00. The highest BCUT2D eigenvalue weighted by Gasteiger charge is 2.28. The minimum Gasteiger partial charge on any atom is -0.305 e. The minimum atomic E-state index is -0.531. The molecule has 25 heavy (non-hydrogen) atoms. The number of benzene rings is 1. The van der Waals surface area contributed by atoms with Crippen LogP contribution in [-0.4, -0.2) is 39.1 Å². The summed E-state index contributed by atoms with van der Waals surface area (Å²) in [7, 11) is 0. The van der Waals surface area contributed by atoms with Crippen LogP contribution in [0.3, 0.4) is 0 Å². The maximum absolute atomic E-state index is 12.8. The molecule has 0 bridgehead atoms. The molecule has 1 fully saturated rings. The van der Waals surface area contributed by atoms with Crippen LogP contribution in [0.5, 0.6) is 0 Å². The van der Waals surface area contributed by atoms with E-state index in [2.05, 4.69) is 10.3 Å². The van der Waals surface area contributed by atoms with Gasteiger partial charge >= 0.3 is 0 Å². The first-order chi connectivity index (χ1) is 11.9. The van der Waals surface area contributed by atoms with Gasteiger partial charge in [-0.05, 0) is 25.8 Å². The molecule has 2 heterocycles. The molecule has 9 nitrogen and oxygen atoms in total. The van der Waals surface area contributed by atoms with Crippen LogP contribution < -0.4 is 10.9 Å². The summed E-state index contributed by atoms with van der Waals surface area (Å²) in [6.07, 6.45) is 1.31. The zero-order valence-corrected chi connectivity index (χ0v) is 13.5. The van der Waals surface area contributed by atoms with Crippen molar-refractivity contribution in [3.05, 3.63) is 44.5 Å². The normalized spacial score (nSPS) is 20.4. The number of fused-ring (bicyclic) bond motifs is 1. The van der Waals surface area contributed by atoms with Gasteiger partial charge in [-0.1, -0.05) is 0 Å². The van der Waals surface area contributed by atoms with E-state index in [1.165, 1.54) is 18.2 Å². The van der Waals surface area contributed by atoms with Gasteiger partial charge in [0, 0.05) is 18.7 Å². The average molecular weight is 344 g/mol. The summed E-state index contributed by atoms with van der Waals surface area (Å²) in [5.74, 6) is -0.0450. The van der Waals surface area contributed by atoms with E-state index in [4.69, 9.17) is 0 Å². The molecule has 0 amide bonds. The molecule has 0 saturated carbocycles. The number of aryl methyl sites for hydroxylation is 1. The number of nitrogens with one attached hydrogen (secondary N) is 1. The fraction of sp³-hybridized carbons (Fsp3) is 0.375. The molecule has 0 aliphatic carbocycles. The molecule has 2 unspecified atom stereocenters. The molecule has 1 aromatic heterocycles. The van der Waals surface area contributed by atoms with E-state index < -0.39 is 16.7 Å². The van der Waals surface area contributed by atoms with Crippen molar-refractivity contribution >= 4 is 28.7 Å². The molecule has 9 heteroatoms. The summed E-state index contributed by atoms with van der Waals surface area (Å²) in [5.41, 5.74) is -0.110. The lowest BCUT2D eigenvalue weighted by molar-refractivity contribution is -0.384. The zero-order chi connectivity index (χ0) is 18.1. The molecule has 130 valence electrons. The van der Waals surface area contributed by atoms with Crippen LogP contribution in [0.1, 0.15) is 24.7 Å². The van der Waals surface area contributed by atoms with E-state index in [0.29, 0.717) is 36.9 Å². The Kier molecular flexibility index (Phi) is 4.41. The lowest BCUT2D eigenvalue weighted by Crippen LogP contribution is -2.47. The van der Waals surface area contributed by atoms with Gasteiger partial charge in [-0.25, -0.2) is 4.98 Å². The third kappa shape index (κ3) is 3.05. The second kappa shape index (κ2) is 6.52. The van der Waals surface area contributed by atoms with Crippen LogP contribution in [0.15, 0.2) is 23.0 Å². The zero-order valence-electron chi connectivity index (χ0n) is 13.5. The van der Waals surface area contributed by atoms with Gasteiger partial charge in [0.1, 0.15) is 5.82 Å². The van der Waals surface area contributed by atoms with Crippen LogP contribution in [-0.2, 0) is 9.59 Å². The van der Waals surface area contributed by atoms with Crippen molar-refractivity contribution in [1.29, 1.82) is 0 Å². The Balaban J connectivity index is 1.96. The Hall–Kier alpha value is -2.94. The Morgan fingerprint density at radius 3 is 2.80 bits per heavy atom. The molecule has 2 aromatic rings. The molecule has 3 rings (SSSR count). The number of nitro benzene ring substituents is 1. The number of aromatic nitrogens is 2. The number of piperidine rings is 1. The monoisotopic (exact) mass is 344 g/mol. The highest BCUT2D eigenvalue weighted by atomic mass is 16.6. The number of Topliss-reactive ketones (excluding diaryl/α,β-unsaturated/α-hetero) is 1. The number of aldehydes is 1. The highest BCUT2D eigenvalue weighted by Crippen LogP contribution is 2.22. The Bertz CT molecular complexity index is 928. The van der Waals surface area contributed by atoms with E-state index in [0.717, 1.165) is 0 Å². The first-order valence-electron chi connectivity index (χ1n) is 7.82. The molecule has 0 radical (unpaired) electrons. The standard InChI is InChI=1S/C16H16N4O5/c1-9-18-14-6-10(20(24)25)2-4-12(14)16(23)19(9)11-3-5-13(17-7-11)15(22)8-21/h2,4,6,8,11,13,17H,3,5,7H2,1H3. The van der Waals surface area contributed by atoms with Crippen LogP contribution in [0, 0.1) is 17.0 Å². The summed E-state index contributed by atoms with van der Waals surface area (Å²) in [4.78, 5) is 49.5. The summed E-state index contributed by atoms with van der Waals surface area (Å²) >= 11 is 0. The van der Waals surface area contributed by atoms with Crippen molar-refractivity contribution in [2.24, 2.45) is 0 Å². The number of hydrogen-bond donors (Lipinski definition) is 1. The number of rotatable bonds is 4. The van der Waals surface area contributed by atoms with Crippen molar-refractivity contribution < 1.29 is 14.5 Å². The Morgan fingerprint density at radius 2 is 2.20 bits per heavy atom. The predicted molar refractivity (Wildman–Crippen MR) is 88.5 cm³/mol. The lowest BCUT2D eigenvalue weighted by atomic mass is 9.97. The average Bonchev–Trinajstić information content (AvgIpc) is 2.61. The molecular formula is C16H16N4O5. The summed E-state index contributed by atoms with van der Waals surface area (Å²) < 4.78 is 1.54. The van der Waals surface area contributed by atoms with Gasteiger partial charge < -0.3 is 5.32 Å². The van der Waals surface area contributed by atoms with Gasteiger partial charge in [-0.3, -0.25) is 29.1 Å². The Morgan fingerprint density at radius 1 is 1.44 bits per heavy atom. The molecule has 0 spiro atoms. The topological polar surface area (TPSA) is 124 Å². The van der Waals surface area contributed by atoms with Gasteiger partial charge in [0.05, 0.1) is 27.9 Å². The van der Waals surface area contributed by atoms with E-state index in [-0.39, 0.29) is 22.8 Å². The minimum absolute atomic E-state index is 0.119. The van der Waals surface area contributed by atoms with Crippen LogP contribution in [0.25, 0.3) is 10.9 Å². The van der Waals surface area contributed by atoms with Crippen molar-refractivity contribution in [2.45, 2.75) is 31.8 Å². The number of non-ortho nitro benzene ring substituents is 1. The number of carbonyl (C=O) groups excluding carboxylic acids is 2. The van der Waals surface area contributed by atoms with Gasteiger partial charge in [0.15, 0.2) is 6.29 Å². The van der Waals surface area contributed by atoms with E-state index in [9.17, 15) is 24.5 Å². The first-order valence-corrected chi connectivity index (χ1v) is 7.82. The van der Waals surface area contributed by atoms with Crippen molar-refractivity contribution in [3.63, 3.8) is 0 Å². The van der Waals surface area contributed by atoms with Crippen molar-refractivity contribution in [2.75, 3.05) is 6.54 Å². The van der Waals surface area contributed by atoms with E-state index in [1.807, 2.05) is 0 Å². The van der Waals surface area contributed by atoms with Gasteiger partial charge in [-0.15, -0.1) is 0 Å². The SMILES string of the molecule is Cc1nc2cc([N+](=O)[O-])ccc2c(=O)n1C1CCC(C(=O)C=O)NC1. The number of carbonyl (C=O) groups is 2. The summed E-state index contributed by atoms with van der Waals surface area (Å²) in [6, 6.07) is 3.26. The lowest BCUT2D eigenvalue weighted by Gasteiger charge is -2.30. The molecule has 1 saturated heterocycles. The second-order valence-corrected chi connectivity index (χ2v) is 6.00. The van der Waals surface area contributed by atoms with Crippen molar-refractivity contribution in [3.8, 4) is 0 Å². The van der Waals surface area contributed by atoms with Crippen LogP contribution in [0.2, 0.25) is 0 Å². The summed E-state index contributed by atoms with van der Waals surface area (Å²) in [6.45, 7) is 2.04. The molecule has 1 aromatic carbocycles. The third-order valence-corrected chi connectivity index (χ3v) is 4.49. The fourth-order valence-corrected chi connectivity index (χ4v) is 3.23. The van der Waals surface area contributed by atoms with Gasteiger partial charge in [0.25, 0.3) is 11.2 Å². The Labute approximate surface area is 141 Å².